The molecule has 1 heterocycles. The van der Waals surface area contributed by atoms with Crippen molar-refractivity contribution in [2.75, 3.05) is 13.2 Å². The summed E-state index contributed by atoms with van der Waals surface area (Å²) in [6.07, 6.45) is 1.95. The van der Waals surface area contributed by atoms with Crippen LogP contribution in [0, 0.1) is 13.8 Å². The van der Waals surface area contributed by atoms with E-state index < -0.39 is 0 Å². The minimum absolute atomic E-state index is 0.591. The van der Waals surface area contributed by atoms with Crippen LogP contribution >= 0.6 is 0 Å². The third-order valence-corrected chi connectivity index (χ3v) is 3.05. The molecule has 0 fully saturated rings. The van der Waals surface area contributed by atoms with Gasteiger partial charge in [0.2, 0.25) is 0 Å². The van der Waals surface area contributed by atoms with Crippen LogP contribution in [0.15, 0.2) is 24.4 Å². The van der Waals surface area contributed by atoms with Crippen molar-refractivity contribution in [2.45, 2.75) is 33.9 Å². The highest BCUT2D eigenvalue weighted by molar-refractivity contribution is 5.35. The lowest BCUT2D eigenvalue weighted by atomic mass is 10.1. The number of ether oxygens (including phenoxy) is 1. The van der Waals surface area contributed by atoms with Gasteiger partial charge < -0.3 is 10.1 Å². The van der Waals surface area contributed by atoms with Gasteiger partial charge in [0.1, 0.15) is 12.4 Å². The zero-order valence-electron chi connectivity index (χ0n) is 12.4. The Morgan fingerprint density at radius 2 is 2.15 bits per heavy atom. The van der Waals surface area contributed by atoms with E-state index in [9.17, 15) is 0 Å². The van der Waals surface area contributed by atoms with Gasteiger partial charge in [-0.3, -0.25) is 0 Å². The average molecular weight is 274 g/mol. The van der Waals surface area contributed by atoms with Crippen molar-refractivity contribution in [3.8, 4) is 5.75 Å². The van der Waals surface area contributed by atoms with E-state index in [1.165, 1.54) is 5.56 Å². The van der Waals surface area contributed by atoms with Gasteiger partial charge >= 0.3 is 0 Å². The van der Waals surface area contributed by atoms with Crippen molar-refractivity contribution in [1.29, 1.82) is 0 Å². The molecule has 0 saturated carbocycles. The van der Waals surface area contributed by atoms with Gasteiger partial charge in [-0.2, -0.15) is 0 Å². The molecule has 5 heteroatoms. The van der Waals surface area contributed by atoms with Crippen LogP contribution in [0.1, 0.15) is 23.7 Å². The van der Waals surface area contributed by atoms with E-state index in [2.05, 4.69) is 48.5 Å². The van der Waals surface area contributed by atoms with Crippen LogP contribution in [0.2, 0.25) is 0 Å². The molecule has 0 aliphatic carbocycles. The summed E-state index contributed by atoms with van der Waals surface area (Å²) < 4.78 is 7.60. The van der Waals surface area contributed by atoms with E-state index in [1.807, 2.05) is 16.9 Å². The second-order valence-corrected chi connectivity index (χ2v) is 4.87. The smallest absolute Gasteiger partial charge is 0.122 e. The van der Waals surface area contributed by atoms with E-state index in [0.717, 1.165) is 30.1 Å². The SMILES string of the molecule is CCNCc1cn(CCOc2ccc(C)cc2C)nn1. The van der Waals surface area contributed by atoms with E-state index in [4.69, 9.17) is 4.74 Å². The predicted octanol–water partition coefficient (Wildman–Crippen LogP) is 2.08. The maximum atomic E-state index is 5.78. The molecule has 0 amide bonds. The molecular weight excluding hydrogens is 252 g/mol. The molecule has 0 unspecified atom stereocenters. The van der Waals surface area contributed by atoms with Crippen LogP contribution in [-0.4, -0.2) is 28.1 Å². The Kier molecular flexibility index (Phi) is 5.12. The lowest BCUT2D eigenvalue weighted by Crippen LogP contribution is -2.12. The number of rotatable bonds is 7. The van der Waals surface area contributed by atoms with Crippen molar-refractivity contribution in [2.24, 2.45) is 0 Å². The van der Waals surface area contributed by atoms with Crippen molar-refractivity contribution < 1.29 is 4.74 Å². The first kappa shape index (κ1) is 14.5. The molecule has 20 heavy (non-hydrogen) atoms. The molecule has 0 bridgehead atoms. The molecule has 0 radical (unpaired) electrons. The summed E-state index contributed by atoms with van der Waals surface area (Å²) in [5.41, 5.74) is 3.37. The molecule has 1 aromatic carbocycles. The van der Waals surface area contributed by atoms with Crippen LogP contribution in [-0.2, 0) is 13.1 Å². The van der Waals surface area contributed by atoms with E-state index in [1.54, 1.807) is 0 Å². The van der Waals surface area contributed by atoms with Gasteiger partial charge in [0, 0.05) is 12.7 Å². The summed E-state index contributed by atoms with van der Waals surface area (Å²) in [6, 6.07) is 6.20. The molecule has 5 nitrogen and oxygen atoms in total. The minimum Gasteiger partial charge on any atom is -0.491 e. The lowest BCUT2D eigenvalue weighted by Gasteiger charge is -2.09. The molecule has 2 rings (SSSR count). The molecule has 0 spiro atoms. The third kappa shape index (κ3) is 4.06. The van der Waals surface area contributed by atoms with Crippen LogP contribution < -0.4 is 10.1 Å². The highest BCUT2D eigenvalue weighted by Gasteiger charge is 2.02. The Morgan fingerprint density at radius 3 is 2.90 bits per heavy atom. The molecule has 2 aromatic rings. The fourth-order valence-electron chi connectivity index (χ4n) is 1.99. The number of nitrogens with zero attached hydrogens (tertiary/aromatic N) is 3. The Bertz CT molecular complexity index is 551. The van der Waals surface area contributed by atoms with Crippen molar-refractivity contribution in [3.05, 3.63) is 41.2 Å². The van der Waals surface area contributed by atoms with E-state index in [-0.39, 0.29) is 0 Å². The minimum atomic E-state index is 0.591. The maximum Gasteiger partial charge on any atom is 0.122 e. The Hall–Kier alpha value is -1.88. The van der Waals surface area contributed by atoms with Gasteiger partial charge in [-0.25, -0.2) is 4.68 Å². The molecular formula is C15H22N4O. The highest BCUT2D eigenvalue weighted by Crippen LogP contribution is 2.18. The molecule has 0 atom stereocenters. The lowest BCUT2D eigenvalue weighted by molar-refractivity contribution is 0.288. The maximum absolute atomic E-state index is 5.78. The first-order valence-corrected chi connectivity index (χ1v) is 6.99. The fraction of sp³-hybridized carbons (Fsp3) is 0.467. The first-order valence-electron chi connectivity index (χ1n) is 6.99. The largest absolute Gasteiger partial charge is 0.491 e. The van der Waals surface area contributed by atoms with Crippen LogP contribution in [0.5, 0.6) is 5.75 Å². The quantitative estimate of drug-likeness (QED) is 0.840. The first-order chi connectivity index (χ1) is 9.69. The van der Waals surface area contributed by atoms with Crippen molar-refractivity contribution in [3.63, 3.8) is 0 Å². The summed E-state index contributed by atoms with van der Waals surface area (Å²) in [4.78, 5) is 0. The van der Waals surface area contributed by atoms with E-state index >= 15 is 0 Å². The normalized spacial score (nSPS) is 10.8. The summed E-state index contributed by atoms with van der Waals surface area (Å²) in [5.74, 6) is 0.934. The second-order valence-electron chi connectivity index (χ2n) is 4.87. The Balaban J connectivity index is 1.82. The number of hydrogen-bond donors (Lipinski definition) is 1. The van der Waals surface area contributed by atoms with Gasteiger partial charge in [-0.05, 0) is 32.0 Å². The van der Waals surface area contributed by atoms with Gasteiger partial charge in [0.25, 0.3) is 0 Å². The van der Waals surface area contributed by atoms with Gasteiger partial charge in [-0.1, -0.05) is 29.8 Å². The zero-order chi connectivity index (χ0) is 14.4. The predicted molar refractivity (Wildman–Crippen MR) is 78.8 cm³/mol. The number of benzene rings is 1. The van der Waals surface area contributed by atoms with Crippen LogP contribution in [0.3, 0.4) is 0 Å². The topological polar surface area (TPSA) is 52.0 Å². The van der Waals surface area contributed by atoms with Crippen LogP contribution in [0.4, 0.5) is 0 Å². The summed E-state index contributed by atoms with van der Waals surface area (Å²) in [5, 5.41) is 11.4. The number of aromatic nitrogens is 3. The average Bonchev–Trinajstić information content (AvgIpc) is 2.87. The number of nitrogens with one attached hydrogen (secondary N) is 1. The van der Waals surface area contributed by atoms with E-state index in [0.29, 0.717) is 13.2 Å². The van der Waals surface area contributed by atoms with Crippen LogP contribution in [0.25, 0.3) is 0 Å². The zero-order valence-corrected chi connectivity index (χ0v) is 12.4. The number of aryl methyl sites for hydroxylation is 2. The molecule has 108 valence electrons. The van der Waals surface area contributed by atoms with Gasteiger partial charge in [0.05, 0.1) is 12.2 Å². The highest BCUT2D eigenvalue weighted by atomic mass is 16.5. The van der Waals surface area contributed by atoms with Crippen molar-refractivity contribution >= 4 is 0 Å². The third-order valence-electron chi connectivity index (χ3n) is 3.05. The molecule has 1 N–H and O–H groups in total. The summed E-state index contributed by atoms with van der Waals surface area (Å²) >= 11 is 0. The monoisotopic (exact) mass is 274 g/mol. The molecule has 0 saturated heterocycles. The summed E-state index contributed by atoms with van der Waals surface area (Å²) in [7, 11) is 0. The number of hydrogen-bond acceptors (Lipinski definition) is 4. The standard InChI is InChI=1S/C15H22N4O/c1-4-16-10-14-11-19(18-17-14)7-8-20-15-6-5-12(2)9-13(15)3/h5-6,9,11,16H,4,7-8,10H2,1-3H3. The second kappa shape index (κ2) is 7.05. The Morgan fingerprint density at radius 1 is 1.30 bits per heavy atom. The Labute approximate surface area is 120 Å². The van der Waals surface area contributed by atoms with Crippen molar-refractivity contribution in [1.82, 2.24) is 20.3 Å². The van der Waals surface area contributed by atoms with Gasteiger partial charge in [0.15, 0.2) is 0 Å². The fourth-order valence-corrected chi connectivity index (χ4v) is 1.99. The van der Waals surface area contributed by atoms with Gasteiger partial charge in [-0.15, -0.1) is 5.10 Å². The molecule has 0 aliphatic rings. The summed E-state index contributed by atoms with van der Waals surface area (Å²) in [6.45, 7) is 9.20. The molecule has 1 aromatic heterocycles. The molecule has 0 aliphatic heterocycles.